The maximum atomic E-state index is 12.5. The average molecular weight is 331 g/mol. The molecule has 24 heavy (non-hydrogen) atoms. The lowest BCUT2D eigenvalue weighted by Gasteiger charge is -2.37. The molecule has 0 saturated carbocycles. The average Bonchev–Trinajstić information content (AvgIpc) is 2.92. The lowest BCUT2D eigenvalue weighted by Crippen LogP contribution is -2.49. The van der Waals surface area contributed by atoms with Crippen LogP contribution in [0.5, 0.6) is 0 Å². The van der Waals surface area contributed by atoms with Crippen molar-refractivity contribution in [3.63, 3.8) is 0 Å². The minimum atomic E-state index is -0.426. The van der Waals surface area contributed by atoms with Crippen LogP contribution in [-0.2, 0) is 4.74 Å². The van der Waals surface area contributed by atoms with Crippen molar-refractivity contribution in [2.45, 2.75) is 51.2 Å². The fraction of sp³-hybridized carbons (Fsp3) is 0.611. The predicted octanol–water partition coefficient (Wildman–Crippen LogP) is 2.70. The Bertz CT molecular complexity index is 597. The van der Waals surface area contributed by atoms with Crippen molar-refractivity contribution < 1.29 is 14.3 Å². The highest BCUT2D eigenvalue weighted by Gasteiger charge is 2.48. The van der Waals surface area contributed by atoms with Gasteiger partial charge >= 0.3 is 6.09 Å². The number of rotatable bonds is 4. The van der Waals surface area contributed by atoms with E-state index in [1.54, 1.807) is 24.5 Å². The highest BCUT2D eigenvalue weighted by Crippen LogP contribution is 2.35. The monoisotopic (exact) mass is 331 g/mol. The molecule has 2 aliphatic rings. The van der Waals surface area contributed by atoms with Crippen molar-refractivity contribution in [2.75, 3.05) is 19.6 Å². The zero-order valence-corrected chi connectivity index (χ0v) is 14.4. The number of amides is 2. The molecule has 2 fully saturated rings. The van der Waals surface area contributed by atoms with Gasteiger partial charge in [0.05, 0.1) is 12.1 Å². The van der Waals surface area contributed by atoms with Crippen LogP contribution in [0.3, 0.4) is 0 Å². The summed E-state index contributed by atoms with van der Waals surface area (Å²) in [5.74, 6) is -0.00141. The molecule has 1 aromatic heterocycles. The standard InChI is InChI=1S/C18H25N3O3/c1-3-5-14(2)21-13-18(24-17(21)23)7-10-20(11-8-18)16(22)15-6-4-9-19-12-15/h4,6,9,12,14H,3,5,7-8,10-11,13H2,1-2H3/t14-/m1/s1. The van der Waals surface area contributed by atoms with Crippen molar-refractivity contribution in [2.24, 2.45) is 0 Å². The van der Waals surface area contributed by atoms with E-state index in [0.717, 1.165) is 12.8 Å². The number of likely N-dealkylation sites (tertiary alicyclic amines) is 1. The van der Waals surface area contributed by atoms with E-state index < -0.39 is 5.60 Å². The van der Waals surface area contributed by atoms with Gasteiger partial charge in [0.2, 0.25) is 0 Å². The van der Waals surface area contributed by atoms with Gasteiger partial charge in [0.15, 0.2) is 0 Å². The minimum Gasteiger partial charge on any atom is -0.441 e. The number of ether oxygens (including phenoxy) is 1. The first kappa shape index (κ1) is 16.7. The van der Waals surface area contributed by atoms with Crippen LogP contribution in [0.25, 0.3) is 0 Å². The fourth-order valence-electron chi connectivity index (χ4n) is 3.61. The molecule has 3 rings (SSSR count). The largest absolute Gasteiger partial charge is 0.441 e. The van der Waals surface area contributed by atoms with Gasteiger partial charge in [0.1, 0.15) is 5.60 Å². The molecule has 130 valence electrons. The van der Waals surface area contributed by atoms with Gasteiger partial charge < -0.3 is 14.5 Å². The van der Waals surface area contributed by atoms with Crippen molar-refractivity contribution in [3.05, 3.63) is 30.1 Å². The SMILES string of the molecule is CCC[C@@H](C)N1CC2(CCN(C(=O)c3cccnc3)CC2)OC1=O. The summed E-state index contributed by atoms with van der Waals surface area (Å²) in [5.41, 5.74) is 0.181. The Balaban J connectivity index is 1.61. The summed E-state index contributed by atoms with van der Waals surface area (Å²) in [6.07, 6.45) is 6.47. The molecule has 6 heteroatoms. The number of piperidine rings is 1. The third-order valence-electron chi connectivity index (χ3n) is 5.11. The van der Waals surface area contributed by atoms with E-state index in [1.807, 2.05) is 9.80 Å². The summed E-state index contributed by atoms with van der Waals surface area (Å²) < 4.78 is 5.74. The van der Waals surface area contributed by atoms with Crippen molar-refractivity contribution in [1.29, 1.82) is 0 Å². The van der Waals surface area contributed by atoms with Gasteiger partial charge in [-0.3, -0.25) is 9.78 Å². The van der Waals surface area contributed by atoms with Crippen LogP contribution in [0, 0.1) is 0 Å². The number of pyridine rings is 1. The molecule has 1 atom stereocenters. The molecule has 0 aromatic carbocycles. The molecule has 1 spiro atoms. The molecular weight excluding hydrogens is 306 g/mol. The van der Waals surface area contributed by atoms with Crippen LogP contribution < -0.4 is 0 Å². The van der Waals surface area contributed by atoms with E-state index in [0.29, 0.717) is 38.0 Å². The highest BCUT2D eigenvalue weighted by atomic mass is 16.6. The van der Waals surface area contributed by atoms with Crippen LogP contribution in [0.15, 0.2) is 24.5 Å². The van der Waals surface area contributed by atoms with E-state index in [2.05, 4.69) is 18.8 Å². The molecule has 2 aliphatic heterocycles. The van der Waals surface area contributed by atoms with E-state index in [-0.39, 0.29) is 18.0 Å². The summed E-state index contributed by atoms with van der Waals surface area (Å²) >= 11 is 0. The Hall–Kier alpha value is -2.11. The van der Waals surface area contributed by atoms with Gasteiger partial charge in [0, 0.05) is 44.4 Å². The lowest BCUT2D eigenvalue weighted by atomic mass is 9.90. The van der Waals surface area contributed by atoms with Gasteiger partial charge in [-0.2, -0.15) is 0 Å². The number of carbonyl (C=O) groups is 2. The first-order valence-electron chi connectivity index (χ1n) is 8.73. The summed E-state index contributed by atoms with van der Waals surface area (Å²) in [7, 11) is 0. The first-order valence-corrected chi connectivity index (χ1v) is 8.73. The number of nitrogens with zero attached hydrogens (tertiary/aromatic N) is 3. The molecule has 2 saturated heterocycles. The molecule has 0 N–H and O–H groups in total. The number of carbonyl (C=O) groups excluding carboxylic acids is 2. The van der Waals surface area contributed by atoms with Gasteiger partial charge in [-0.05, 0) is 25.5 Å². The quantitative estimate of drug-likeness (QED) is 0.851. The molecule has 3 heterocycles. The smallest absolute Gasteiger partial charge is 0.410 e. The van der Waals surface area contributed by atoms with Crippen LogP contribution >= 0.6 is 0 Å². The molecule has 0 unspecified atom stereocenters. The molecule has 1 aromatic rings. The normalized spacial score (nSPS) is 21.0. The Morgan fingerprint density at radius 2 is 2.17 bits per heavy atom. The molecule has 6 nitrogen and oxygen atoms in total. The summed E-state index contributed by atoms with van der Waals surface area (Å²) in [6.45, 7) is 6.05. The topological polar surface area (TPSA) is 62.7 Å². The van der Waals surface area contributed by atoms with Crippen LogP contribution in [0.4, 0.5) is 4.79 Å². The van der Waals surface area contributed by atoms with E-state index in [1.165, 1.54) is 0 Å². The number of hydrogen-bond acceptors (Lipinski definition) is 4. The fourth-order valence-corrected chi connectivity index (χ4v) is 3.61. The van der Waals surface area contributed by atoms with Gasteiger partial charge in [0.25, 0.3) is 5.91 Å². The van der Waals surface area contributed by atoms with Crippen LogP contribution in [-0.4, -0.2) is 58.1 Å². The van der Waals surface area contributed by atoms with Crippen molar-refractivity contribution in [1.82, 2.24) is 14.8 Å². The Morgan fingerprint density at radius 1 is 1.42 bits per heavy atom. The lowest BCUT2D eigenvalue weighted by molar-refractivity contribution is 0.00306. The molecule has 0 bridgehead atoms. The summed E-state index contributed by atoms with van der Waals surface area (Å²) in [5, 5.41) is 0. The third kappa shape index (κ3) is 3.23. The van der Waals surface area contributed by atoms with Crippen LogP contribution in [0.2, 0.25) is 0 Å². The minimum absolute atomic E-state index is 0.00141. The second-order valence-electron chi connectivity index (χ2n) is 6.85. The van der Waals surface area contributed by atoms with Crippen molar-refractivity contribution >= 4 is 12.0 Å². The van der Waals surface area contributed by atoms with Crippen LogP contribution in [0.1, 0.15) is 49.9 Å². The predicted molar refractivity (Wildman–Crippen MR) is 89.7 cm³/mol. The highest BCUT2D eigenvalue weighted by molar-refractivity contribution is 5.94. The Kier molecular flexibility index (Phi) is 4.73. The second-order valence-corrected chi connectivity index (χ2v) is 6.85. The van der Waals surface area contributed by atoms with Crippen molar-refractivity contribution in [3.8, 4) is 0 Å². The van der Waals surface area contributed by atoms with Gasteiger partial charge in [-0.15, -0.1) is 0 Å². The molecular formula is C18H25N3O3. The summed E-state index contributed by atoms with van der Waals surface area (Å²) in [4.78, 5) is 32.4. The van der Waals surface area contributed by atoms with Gasteiger partial charge in [-0.1, -0.05) is 13.3 Å². The number of aromatic nitrogens is 1. The number of hydrogen-bond donors (Lipinski definition) is 0. The Morgan fingerprint density at radius 3 is 2.79 bits per heavy atom. The van der Waals surface area contributed by atoms with Gasteiger partial charge in [-0.25, -0.2) is 4.79 Å². The Labute approximate surface area is 142 Å². The maximum absolute atomic E-state index is 12.5. The first-order chi connectivity index (χ1) is 11.5. The third-order valence-corrected chi connectivity index (χ3v) is 5.11. The zero-order valence-electron chi connectivity index (χ0n) is 14.4. The maximum Gasteiger partial charge on any atom is 0.410 e. The summed E-state index contributed by atoms with van der Waals surface area (Å²) in [6, 6.07) is 3.75. The molecule has 0 aliphatic carbocycles. The van der Waals surface area contributed by atoms with E-state index in [9.17, 15) is 9.59 Å². The van der Waals surface area contributed by atoms with E-state index >= 15 is 0 Å². The zero-order chi connectivity index (χ0) is 17.2. The molecule has 2 amide bonds. The molecule has 0 radical (unpaired) electrons. The van der Waals surface area contributed by atoms with E-state index in [4.69, 9.17) is 4.74 Å². The second kappa shape index (κ2) is 6.79.